The van der Waals surface area contributed by atoms with Crippen LogP contribution in [0.5, 0.6) is 0 Å². The van der Waals surface area contributed by atoms with Crippen LogP contribution in [-0.4, -0.2) is 172 Å². The lowest BCUT2D eigenvalue weighted by atomic mass is 9.77. The first-order valence-corrected chi connectivity index (χ1v) is 26.2. The molecule has 1 aliphatic carbocycles. The van der Waals surface area contributed by atoms with E-state index in [0.717, 1.165) is 0 Å². The zero-order valence-corrected chi connectivity index (χ0v) is 46.0. The van der Waals surface area contributed by atoms with Crippen molar-refractivity contribution in [1.29, 1.82) is 0 Å². The topological polar surface area (TPSA) is 274 Å². The van der Waals surface area contributed by atoms with Gasteiger partial charge >= 0.3 is 18.0 Å². The number of likely N-dealkylation sites (N-methyl/N-ethyl adjacent to an activating group) is 2. The van der Waals surface area contributed by atoms with Crippen molar-refractivity contribution in [2.45, 2.75) is 187 Å². The molecule has 1 aliphatic heterocycles. The van der Waals surface area contributed by atoms with Crippen LogP contribution in [-0.2, 0) is 43.0 Å². The summed E-state index contributed by atoms with van der Waals surface area (Å²) in [6, 6.07) is 4.04. The summed E-state index contributed by atoms with van der Waals surface area (Å²) >= 11 is 0. The van der Waals surface area contributed by atoms with E-state index in [1.807, 2.05) is 45.9 Å². The number of hydrogen-bond donors (Lipinski definition) is 7. The molecule has 14 atom stereocenters. The van der Waals surface area contributed by atoms with E-state index >= 15 is 0 Å². The van der Waals surface area contributed by atoms with E-state index in [-0.39, 0.29) is 42.9 Å². The lowest BCUT2D eigenvalue weighted by molar-refractivity contribution is -0.148. The van der Waals surface area contributed by atoms with E-state index in [1.165, 1.54) is 26.2 Å². The number of amides is 5. The maximum absolute atomic E-state index is 14.4. The lowest BCUT2D eigenvalue weighted by Crippen LogP contribution is -2.62. The van der Waals surface area contributed by atoms with E-state index < -0.39 is 120 Å². The zero-order valence-electron chi connectivity index (χ0n) is 46.0. The quantitative estimate of drug-likeness (QED) is 0.0464. The first kappa shape index (κ1) is 63.1. The van der Waals surface area contributed by atoms with Gasteiger partial charge in [-0.25, -0.2) is 9.59 Å². The van der Waals surface area contributed by atoms with E-state index in [1.54, 1.807) is 75.8 Å². The van der Waals surface area contributed by atoms with Gasteiger partial charge in [-0.2, -0.15) is 0 Å². The minimum atomic E-state index is -1.61. The number of methoxy groups -OCH3 is 2. The molecule has 1 heterocycles. The number of carbonyl (C=O) groups excluding carboxylic acids is 5. The predicted octanol–water partition coefficient (Wildman–Crippen LogP) is 4.72. The molecular weight excluding hydrogens is 957 g/mol. The van der Waals surface area contributed by atoms with Crippen molar-refractivity contribution in [3.05, 3.63) is 48.0 Å². The Balaban J connectivity index is 1.75. The normalized spacial score (nSPS) is 23.1. The minimum Gasteiger partial charge on any atom is -0.481 e. The Kier molecular flexibility index (Phi) is 24.9. The molecule has 20 nitrogen and oxygen atoms in total. The second-order valence-corrected chi connectivity index (χ2v) is 21.4. The molecule has 3 rings (SSSR count). The Morgan fingerprint density at radius 2 is 1.49 bits per heavy atom. The van der Waals surface area contributed by atoms with Gasteiger partial charge in [0.05, 0.1) is 55.2 Å². The number of aliphatic carboxylic acids is 2. The molecule has 0 spiro atoms. The third-order valence-electron chi connectivity index (χ3n) is 15.3. The molecule has 5 amide bonds. The van der Waals surface area contributed by atoms with Gasteiger partial charge in [0.2, 0.25) is 23.6 Å². The number of carboxylic acid groups (broad SMARTS) is 2. The molecule has 0 saturated carbocycles. The summed E-state index contributed by atoms with van der Waals surface area (Å²) in [6.07, 6.45) is 0.549. The highest BCUT2D eigenvalue weighted by molar-refractivity contribution is 5.89. The molecule has 1 saturated heterocycles. The highest BCUT2D eigenvalue weighted by Crippen LogP contribution is 2.34. The van der Waals surface area contributed by atoms with Crippen molar-refractivity contribution >= 4 is 41.7 Å². The van der Waals surface area contributed by atoms with Crippen LogP contribution < -0.4 is 16.0 Å². The average Bonchev–Trinajstić information content (AvgIpc) is 3.84. The molecule has 1 aromatic carbocycles. The van der Waals surface area contributed by atoms with Crippen LogP contribution in [0, 0.1) is 29.1 Å². The first-order valence-electron chi connectivity index (χ1n) is 26.2. The average molecular weight is 1050 g/mol. The van der Waals surface area contributed by atoms with E-state index in [2.05, 4.69) is 16.0 Å². The summed E-state index contributed by atoms with van der Waals surface area (Å²) in [5.41, 5.74) is -0.421. The van der Waals surface area contributed by atoms with Gasteiger partial charge in [-0.05, 0) is 81.9 Å². The van der Waals surface area contributed by atoms with Crippen LogP contribution in [0.15, 0.2) is 42.5 Å². The number of rotatable bonds is 27. The van der Waals surface area contributed by atoms with Gasteiger partial charge in [-0.1, -0.05) is 98.2 Å². The van der Waals surface area contributed by atoms with Gasteiger partial charge in [-0.3, -0.25) is 33.8 Å². The van der Waals surface area contributed by atoms with E-state index in [4.69, 9.17) is 19.3 Å². The largest absolute Gasteiger partial charge is 0.481 e. The van der Waals surface area contributed by atoms with Crippen molar-refractivity contribution in [2.75, 3.05) is 34.9 Å². The van der Waals surface area contributed by atoms with Gasteiger partial charge in [0.15, 0.2) is 0 Å². The number of likely N-dealkylation sites (tertiary alicyclic amines) is 1. The second-order valence-electron chi connectivity index (χ2n) is 21.4. The monoisotopic (exact) mass is 1040 g/mol. The summed E-state index contributed by atoms with van der Waals surface area (Å²) < 4.78 is 18.0. The number of carbonyl (C=O) groups is 7. The van der Waals surface area contributed by atoms with Crippen molar-refractivity contribution in [2.24, 2.45) is 29.1 Å². The zero-order chi connectivity index (χ0) is 55.8. The highest BCUT2D eigenvalue weighted by atomic mass is 16.6. The predicted molar refractivity (Wildman–Crippen MR) is 277 cm³/mol. The fourth-order valence-electron chi connectivity index (χ4n) is 10.4. The van der Waals surface area contributed by atoms with Gasteiger partial charge < -0.3 is 55.5 Å². The van der Waals surface area contributed by atoms with Crippen molar-refractivity contribution in [3.8, 4) is 0 Å². The highest BCUT2D eigenvalue weighted by Gasteiger charge is 2.44. The molecule has 418 valence electrons. The Bertz CT molecular complexity index is 2040. The van der Waals surface area contributed by atoms with Crippen LogP contribution >= 0.6 is 0 Å². The summed E-state index contributed by atoms with van der Waals surface area (Å²) in [4.78, 5) is 97.2. The van der Waals surface area contributed by atoms with Crippen LogP contribution in [0.2, 0.25) is 0 Å². The Labute approximate surface area is 438 Å². The Morgan fingerprint density at radius 3 is 2.04 bits per heavy atom. The molecule has 20 heteroatoms. The fraction of sp³-hybridized carbons (Fsp3) is 0.722. The molecule has 74 heavy (non-hydrogen) atoms. The van der Waals surface area contributed by atoms with Crippen LogP contribution in [0.25, 0.3) is 0 Å². The summed E-state index contributed by atoms with van der Waals surface area (Å²) in [7, 11) is 6.23. The lowest BCUT2D eigenvalue weighted by Gasteiger charge is -2.44. The number of benzene rings is 1. The SMILES string of the molecule is CC[C@H](C)[C@@H]([C@@H](CC(=O)N1CCC[C@H]1[C@H](OC)[C@@H](C)C(=O)N[C@H](C)[C@@H](O)c1ccccc1)OC)N(C)C(O)[C@@H](NC(=O)[C@H](C(C)C)N(C)C(=O)O[C@H]1/C=C/CC[C@@](C)(C(=O)N[C@@H](CC(=O)O)C(=O)O)CC1)C(C)C. The number of nitrogens with zero attached hydrogens (tertiary/aromatic N) is 3. The van der Waals surface area contributed by atoms with Crippen LogP contribution in [0.3, 0.4) is 0 Å². The van der Waals surface area contributed by atoms with Crippen molar-refractivity contribution < 1.29 is 68.2 Å². The van der Waals surface area contributed by atoms with E-state index in [0.29, 0.717) is 44.2 Å². The molecule has 1 aromatic rings. The number of allylic oxidation sites excluding steroid dienone is 1. The maximum Gasteiger partial charge on any atom is 0.410 e. The molecule has 2 aliphatic rings. The van der Waals surface area contributed by atoms with Crippen molar-refractivity contribution in [1.82, 2.24) is 30.7 Å². The molecule has 1 unspecified atom stereocenters. The van der Waals surface area contributed by atoms with Gasteiger partial charge in [0.25, 0.3) is 0 Å². The molecule has 0 bridgehead atoms. The smallest absolute Gasteiger partial charge is 0.410 e. The third kappa shape index (κ3) is 16.9. The Morgan fingerprint density at radius 1 is 0.838 bits per heavy atom. The molecule has 1 fully saturated rings. The molecule has 0 radical (unpaired) electrons. The summed E-state index contributed by atoms with van der Waals surface area (Å²) in [5, 5.41) is 50.1. The molecular formula is C54H88N6O14. The van der Waals surface area contributed by atoms with Crippen LogP contribution in [0.1, 0.15) is 132 Å². The van der Waals surface area contributed by atoms with Gasteiger partial charge in [0.1, 0.15) is 24.4 Å². The number of aliphatic hydroxyl groups is 2. The van der Waals surface area contributed by atoms with Crippen molar-refractivity contribution in [3.63, 3.8) is 0 Å². The minimum absolute atomic E-state index is 0.0436. The van der Waals surface area contributed by atoms with E-state index in [9.17, 15) is 48.9 Å². The number of hydrogen-bond acceptors (Lipinski definition) is 13. The number of carboxylic acids is 2. The van der Waals surface area contributed by atoms with Gasteiger partial charge in [0, 0.05) is 39.3 Å². The van der Waals surface area contributed by atoms with Crippen LogP contribution in [0.4, 0.5) is 4.79 Å². The summed E-state index contributed by atoms with van der Waals surface area (Å²) in [5.74, 6) is -6.01. The Hall–Kier alpha value is -5.15. The third-order valence-corrected chi connectivity index (χ3v) is 15.3. The second kappa shape index (κ2) is 29.2. The summed E-state index contributed by atoms with van der Waals surface area (Å²) in [6.45, 7) is 16.9. The first-order chi connectivity index (χ1) is 34.7. The molecule has 7 N–H and O–H groups in total. The molecule has 0 aromatic heterocycles. The maximum atomic E-state index is 14.4. The number of ether oxygens (including phenoxy) is 3. The number of aliphatic hydroxyl groups excluding tert-OH is 2. The fourth-order valence-corrected chi connectivity index (χ4v) is 10.4. The standard InChI is InChI=1S/C54H88N6O14/c1-14-33(6)45(40(72-12)30-41(61)60-28-20-24-39(60)47(73-13)34(7)48(65)55-35(8)46(64)36-21-16-15-17-22-36)58(10)50(67)43(31(2)3)57-49(66)44(32(4)5)59(11)53(71)74-37-23-18-19-26-54(9,27-25-37)52(70)56-38(51(68)69)29-42(62)63/h15-18,21-23,31-35,37-40,43-47,50,64,67H,14,19-20,24-30H2,1-13H3,(H,55,65)(H,56,70)(H,57,66)(H,62,63)(H,68,69)/b23-18+/t33-,34+,35+,37-,38-,39-,40+,43-,44-,45-,46+,47+,50?,54+/m0/s1. The number of nitrogens with one attached hydrogen (secondary N) is 3. The van der Waals surface area contributed by atoms with Gasteiger partial charge in [-0.15, -0.1) is 0 Å².